The molecule has 9 nitrogen and oxygen atoms in total. The van der Waals surface area contributed by atoms with E-state index in [9.17, 15) is 14.4 Å². The Hall–Kier alpha value is -3.20. The standard InChI is InChI=1S/C22H30N6O3/c1-16(29)27(2)19(8-5-10-28-11-9-23-15-21(28)30)14-25-22(31)26-20-12-17-6-3-4-7-18(17)13-24-20/h3-4,6-7,12-13,19,23H,5,8-11,14-15H2,1-2H3,(H2,24,25,26,31). The van der Waals surface area contributed by atoms with Crippen LogP contribution in [0.1, 0.15) is 19.8 Å². The highest BCUT2D eigenvalue weighted by molar-refractivity contribution is 5.91. The number of likely N-dealkylation sites (N-methyl/N-ethyl adjacent to an activating group) is 1. The number of pyridine rings is 1. The second-order valence-corrected chi connectivity index (χ2v) is 7.74. The first-order valence-corrected chi connectivity index (χ1v) is 10.6. The van der Waals surface area contributed by atoms with Crippen molar-refractivity contribution < 1.29 is 14.4 Å². The molecule has 1 fully saturated rings. The molecule has 1 saturated heterocycles. The molecule has 1 aliphatic rings. The number of aromatic nitrogens is 1. The number of amides is 4. The third-order valence-electron chi connectivity index (χ3n) is 5.57. The molecule has 31 heavy (non-hydrogen) atoms. The van der Waals surface area contributed by atoms with Crippen LogP contribution in [0.15, 0.2) is 36.5 Å². The minimum Gasteiger partial charge on any atom is -0.341 e. The quantitative estimate of drug-likeness (QED) is 0.592. The van der Waals surface area contributed by atoms with E-state index in [1.165, 1.54) is 6.92 Å². The fourth-order valence-corrected chi connectivity index (χ4v) is 3.61. The smallest absolute Gasteiger partial charge is 0.320 e. The second-order valence-electron chi connectivity index (χ2n) is 7.74. The molecule has 1 aromatic heterocycles. The van der Waals surface area contributed by atoms with Crippen molar-refractivity contribution in [1.82, 2.24) is 25.4 Å². The predicted octanol–water partition coefficient (Wildman–Crippen LogP) is 1.42. The molecule has 166 valence electrons. The van der Waals surface area contributed by atoms with Gasteiger partial charge in [0.2, 0.25) is 11.8 Å². The van der Waals surface area contributed by atoms with E-state index >= 15 is 0 Å². The Balaban J connectivity index is 1.51. The zero-order valence-corrected chi connectivity index (χ0v) is 18.1. The lowest BCUT2D eigenvalue weighted by Crippen LogP contribution is -2.49. The Kier molecular flexibility index (Phi) is 7.77. The van der Waals surface area contributed by atoms with Crippen LogP contribution in [0, 0.1) is 0 Å². The summed E-state index contributed by atoms with van der Waals surface area (Å²) >= 11 is 0. The number of rotatable bonds is 8. The van der Waals surface area contributed by atoms with Crippen molar-refractivity contribution in [2.45, 2.75) is 25.8 Å². The summed E-state index contributed by atoms with van der Waals surface area (Å²) < 4.78 is 0. The summed E-state index contributed by atoms with van der Waals surface area (Å²) in [6, 6.07) is 9.07. The summed E-state index contributed by atoms with van der Waals surface area (Å²) in [4.78, 5) is 43.9. The maximum absolute atomic E-state index is 12.4. The van der Waals surface area contributed by atoms with Crippen molar-refractivity contribution in [3.63, 3.8) is 0 Å². The van der Waals surface area contributed by atoms with Crippen LogP contribution >= 0.6 is 0 Å². The number of hydrogen-bond donors (Lipinski definition) is 3. The highest BCUT2D eigenvalue weighted by Crippen LogP contribution is 2.16. The molecule has 1 unspecified atom stereocenters. The van der Waals surface area contributed by atoms with Crippen LogP contribution in [-0.4, -0.2) is 78.4 Å². The molecule has 1 aliphatic heterocycles. The van der Waals surface area contributed by atoms with Crippen LogP contribution in [0.2, 0.25) is 0 Å². The fourth-order valence-electron chi connectivity index (χ4n) is 3.61. The van der Waals surface area contributed by atoms with Crippen LogP contribution in [0.5, 0.6) is 0 Å². The summed E-state index contributed by atoms with van der Waals surface area (Å²) in [5.41, 5.74) is 0. The number of anilines is 1. The van der Waals surface area contributed by atoms with Gasteiger partial charge in [0, 0.05) is 57.8 Å². The van der Waals surface area contributed by atoms with Crippen molar-refractivity contribution in [1.29, 1.82) is 0 Å². The molecule has 0 saturated carbocycles. The van der Waals surface area contributed by atoms with Gasteiger partial charge in [-0.3, -0.25) is 14.9 Å². The molecule has 0 aliphatic carbocycles. The van der Waals surface area contributed by atoms with E-state index in [0.29, 0.717) is 38.4 Å². The van der Waals surface area contributed by atoms with Crippen LogP contribution in [0.4, 0.5) is 10.6 Å². The number of piperazine rings is 1. The van der Waals surface area contributed by atoms with Gasteiger partial charge in [0.25, 0.3) is 0 Å². The Morgan fingerprint density at radius 2 is 2.06 bits per heavy atom. The molecule has 1 aromatic carbocycles. The van der Waals surface area contributed by atoms with E-state index in [0.717, 1.165) is 23.7 Å². The number of carbonyl (C=O) groups is 3. The Morgan fingerprint density at radius 3 is 2.81 bits per heavy atom. The SMILES string of the molecule is CC(=O)N(C)C(CCCN1CCNCC1=O)CNC(=O)Nc1cc2ccccc2cn1. The van der Waals surface area contributed by atoms with E-state index < -0.39 is 0 Å². The van der Waals surface area contributed by atoms with Gasteiger partial charge < -0.3 is 20.4 Å². The lowest BCUT2D eigenvalue weighted by Gasteiger charge is -2.30. The molecule has 4 amide bonds. The molecule has 1 atom stereocenters. The highest BCUT2D eigenvalue weighted by Gasteiger charge is 2.21. The predicted molar refractivity (Wildman–Crippen MR) is 120 cm³/mol. The van der Waals surface area contributed by atoms with Crippen molar-refractivity contribution in [3.8, 4) is 0 Å². The summed E-state index contributed by atoms with van der Waals surface area (Å²) in [6.07, 6.45) is 3.15. The summed E-state index contributed by atoms with van der Waals surface area (Å²) in [6.45, 7) is 4.34. The van der Waals surface area contributed by atoms with Crippen LogP contribution in [-0.2, 0) is 9.59 Å². The van der Waals surface area contributed by atoms with Crippen molar-refractivity contribution in [3.05, 3.63) is 36.5 Å². The Labute approximate surface area is 182 Å². The van der Waals surface area contributed by atoms with E-state index in [2.05, 4.69) is 20.9 Å². The molecule has 9 heteroatoms. The second kappa shape index (κ2) is 10.7. The number of nitrogens with one attached hydrogen (secondary N) is 3. The van der Waals surface area contributed by atoms with Gasteiger partial charge in [0.1, 0.15) is 5.82 Å². The minimum atomic E-state index is -0.373. The number of benzene rings is 1. The van der Waals surface area contributed by atoms with Crippen LogP contribution < -0.4 is 16.0 Å². The van der Waals surface area contributed by atoms with E-state index in [-0.39, 0.29) is 23.9 Å². The summed E-state index contributed by atoms with van der Waals surface area (Å²) in [5.74, 6) is 0.495. The number of nitrogens with zero attached hydrogens (tertiary/aromatic N) is 3. The van der Waals surface area contributed by atoms with Gasteiger partial charge in [-0.15, -0.1) is 0 Å². The third-order valence-corrected chi connectivity index (χ3v) is 5.57. The third kappa shape index (κ3) is 6.39. The summed E-state index contributed by atoms with van der Waals surface area (Å²) in [7, 11) is 1.73. The largest absolute Gasteiger partial charge is 0.341 e. The van der Waals surface area contributed by atoms with Crippen LogP contribution in [0.25, 0.3) is 10.8 Å². The lowest BCUT2D eigenvalue weighted by molar-refractivity contribution is -0.132. The molecular formula is C22H30N6O3. The number of carbonyl (C=O) groups excluding carboxylic acids is 3. The highest BCUT2D eigenvalue weighted by atomic mass is 16.2. The normalized spacial score (nSPS) is 14.9. The number of urea groups is 1. The molecule has 0 spiro atoms. The summed E-state index contributed by atoms with van der Waals surface area (Å²) in [5, 5.41) is 10.6. The minimum absolute atomic E-state index is 0.0679. The van der Waals surface area contributed by atoms with Gasteiger partial charge in [0.05, 0.1) is 6.54 Å². The molecule has 2 aromatic rings. The van der Waals surface area contributed by atoms with Crippen molar-refractivity contribution in [2.24, 2.45) is 0 Å². The first-order chi connectivity index (χ1) is 14.9. The Morgan fingerprint density at radius 1 is 1.29 bits per heavy atom. The number of hydrogen-bond acceptors (Lipinski definition) is 5. The average molecular weight is 427 g/mol. The van der Waals surface area contributed by atoms with Crippen molar-refractivity contribution >= 4 is 34.4 Å². The first kappa shape index (κ1) is 22.5. The van der Waals surface area contributed by atoms with Gasteiger partial charge in [-0.1, -0.05) is 24.3 Å². The zero-order chi connectivity index (χ0) is 22.2. The monoisotopic (exact) mass is 426 g/mol. The van der Waals surface area contributed by atoms with Crippen molar-refractivity contribution in [2.75, 3.05) is 45.1 Å². The van der Waals surface area contributed by atoms with Gasteiger partial charge >= 0.3 is 6.03 Å². The van der Waals surface area contributed by atoms with E-state index in [4.69, 9.17) is 0 Å². The lowest BCUT2D eigenvalue weighted by atomic mass is 10.1. The maximum Gasteiger partial charge on any atom is 0.320 e. The fraction of sp³-hybridized carbons (Fsp3) is 0.455. The number of fused-ring (bicyclic) bond motifs is 1. The van der Waals surface area contributed by atoms with Gasteiger partial charge in [-0.25, -0.2) is 9.78 Å². The van der Waals surface area contributed by atoms with Gasteiger partial charge in [-0.2, -0.15) is 0 Å². The molecule has 0 bridgehead atoms. The van der Waals surface area contributed by atoms with E-state index in [1.54, 1.807) is 18.1 Å². The van der Waals surface area contributed by atoms with E-state index in [1.807, 2.05) is 35.2 Å². The molecule has 2 heterocycles. The molecule has 3 rings (SSSR count). The maximum atomic E-state index is 12.4. The molecular weight excluding hydrogens is 396 g/mol. The molecule has 3 N–H and O–H groups in total. The van der Waals surface area contributed by atoms with Gasteiger partial charge in [-0.05, 0) is 24.3 Å². The van der Waals surface area contributed by atoms with Gasteiger partial charge in [0.15, 0.2) is 0 Å². The van der Waals surface area contributed by atoms with Crippen LogP contribution in [0.3, 0.4) is 0 Å². The molecule has 0 radical (unpaired) electrons. The Bertz CT molecular complexity index is 934. The zero-order valence-electron chi connectivity index (χ0n) is 18.1. The average Bonchev–Trinajstić information content (AvgIpc) is 2.76. The topological polar surface area (TPSA) is 107 Å². The first-order valence-electron chi connectivity index (χ1n) is 10.6.